The Morgan fingerprint density at radius 1 is 1.38 bits per heavy atom. The number of aliphatic hydroxyl groups excluding tert-OH is 1. The van der Waals surface area contributed by atoms with E-state index in [0.717, 1.165) is 12.8 Å². The molecule has 0 saturated carbocycles. The van der Waals surface area contributed by atoms with Crippen LogP contribution in [0.5, 0.6) is 0 Å². The van der Waals surface area contributed by atoms with Crippen LogP contribution in [0.3, 0.4) is 0 Å². The van der Waals surface area contributed by atoms with Crippen LogP contribution in [0.1, 0.15) is 44.5 Å². The zero-order chi connectivity index (χ0) is 12.0. The zero-order valence-electron chi connectivity index (χ0n) is 10.1. The van der Waals surface area contributed by atoms with Crippen molar-refractivity contribution in [3.8, 4) is 0 Å². The van der Waals surface area contributed by atoms with E-state index in [0.29, 0.717) is 24.1 Å². The van der Waals surface area contributed by atoms with Crippen molar-refractivity contribution in [2.45, 2.75) is 39.2 Å². The van der Waals surface area contributed by atoms with Gasteiger partial charge in [0.05, 0.1) is 0 Å². The summed E-state index contributed by atoms with van der Waals surface area (Å²) in [6.45, 7) is 4.31. The van der Waals surface area contributed by atoms with Crippen LogP contribution >= 0.6 is 0 Å². The van der Waals surface area contributed by atoms with Crippen LogP contribution in [0.2, 0.25) is 0 Å². The molecule has 1 heterocycles. The van der Waals surface area contributed by atoms with E-state index in [1.165, 1.54) is 0 Å². The standard InChI is InChI=1S/C11H20N2O3/c1-8(2)10(15-3)11-12-9(16-13-11)6-4-5-7-14/h8,10,14H,4-7H2,1-3H3. The zero-order valence-corrected chi connectivity index (χ0v) is 10.1. The smallest absolute Gasteiger partial charge is 0.226 e. The monoisotopic (exact) mass is 228 g/mol. The lowest BCUT2D eigenvalue weighted by Gasteiger charge is -2.14. The van der Waals surface area contributed by atoms with Gasteiger partial charge >= 0.3 is 0 Å². The fraction of sp³-hybridized carbons (Fsp3) is 0.818. The van der Waals surface area contributed by atoms with E-state index in [1.54, 1.807) is 7.11 Å². The normalized spacial score (nSPS) is 13.3. The van der Waals surface area contributed by atoms with Crippen molar-refractivity contribution >= 4 is 0 Å². The fourth-order valence-electron chi connectivity index (χ4n) is 1.55. The Morgan fingerprint density at radius 3 is 2.69 bits per heavy atom. The SMILES string of the molecule is COC(c1noc(CCCCO)n1)C(C)C. The van der Waals surface area contributed by atoms with E-state index in [9.17, 15) is 0 Å². The van der Waals surface area contributed by atoms with Gasteiger partial charge in [0.1, 0.15) is 6.10 Å². The van der Waals surface area contributed by atoms with Crippen molar-refractivity contribution in [3.05, 3.63) is 11.7 Å². The highest BCUT2D eigenvalue weighted by Gasteiger charge is 2.20. The molecule has 1 aromatic rings. The largest absolute Gasteiger partial charge is 0.396 e. The first-order valence-electron chi connectivity index (χ1n) is 5.65. The summed E-state index contributed by atoms with van der Waals surface area (Å²) in [5.41, 5.74) is 0. The summed E-state index contributed by atoms with van der Waals surface area (Å²) in [6.07, 6.45) is 2.21. The summed E-state index contributed by atoms with van der Waals surface area (Å²) in [5, 5.41) is 12.6. The number of unbranched alkanes of at least 4 members (excludes halogenated alkanes) is 1. The van der Waals surface area contributed by atoms with Gasteiger partial charge in [0, 0.05) is 20.1 Å². The van der Waals surface area contributed by atoms with Gasteiger partial charge in [-0.15, -0.1) is 0 Å². The molecule has 0 bridgehead atoms. The number of methoxy groups -OCH3 is 1. The van der Waals surface area contributed by atoms with Crippen LogP contribution < -0.4 is 0 Å². The average Bonchev–Trinajstić information content (AvgIpc) is 2.67. The third-order valence-electron chi connectivity index (χ3n) is 2.40. The Bertz CT molecular complexity index is 299. The van der Waals surface area contributed by atoms with Gasteiger partial charge in [0.25, 0.3) is 0 Å². The molecule has 1 atom stereocenters. The van der Waals surface area contributed by atoms with Gasteiger partial charge < -0.3 is 14.4 Å². The van der Waals surface area contributed by atoms with E-state index in [4.69, 9.17) is 14.4 Å². The number of aliphatic hydroxyl groups is 1. The number of ether oxygens (including phenoxy) is 1. The van der Waals surface area contributed by atoms with Gasteiger partial charge in [0.2, 0.25) is 11.7 Å². The van der Waals surface area contributed by atoms with E-state index in [1.807, 2.05) is 0 Å². The van der Waals surface area contributed by atoms with Gasteiger partial charge in [-0.25, -0.2) is 0 Å². The Hall–Kier alpha value is -0.940. The van der Waals surface area contributed by atoms with Crippen molar-refractivity contribution in [3.63, 3.8) is 0 Å². The molecule has 0 aromatic carbocycles. The quantitative estimate of drug-likeness (QED) is 0.720. The Balaban J connectivity index is 2.55. The minimum atomic E-state index is -0.115. The summed E-state index contributed by atoms with van der Waals surface area (Å²) in [4.78, 5) is 4.29. The highest BCUT2D eigenvalue weighted by Crippen LogP contribution is 2.22. The van der Waals surface area contributed by atoms with Crippen molar-refractivity contribution in [1.82, 2.24) is 10.1 Å². The number of aromatic nitrogens is 2. The third kappa shape index (κ3) is 3.57. The Morgan fingerprint density at radius 2 is 2.12 bits per heavy atom. The second-order valence-electron chi connectivity index (χ2n) is 4.13. The number of rotatable bonds is 7. The van der Waals surface area contributed by atoms with Crippen LogP contribution in [0.4, 0.5) is 0 Å². The number of nitrogens with zero attached hydrogens (tertiary/aromatic N) is 2. The predicted molar refractivity (Wildman–Crippen MR) is 58.9 cm³/mol. The molecule has 0 saturated heterocycles. The van der Waals surface area contributed by atoms with Crippen molar-refractivity contribution in [2.75, 3.05) is 13.7 Å². The van der Waals surface area contributed by atoms with Crippen LogP contribution in [0, 0.1) is 5.92 Å². The maximum Gasteiger partial charge on any atom is 0.226 e. The predicted octanol–water partition coefficient (Wildman–Crippen LogP) is 1.73. The molecule has 1 rings (SSSR count). The molecule has 0 aliphatic heterocycles. The van der Waals surface area contributed by atoms with Crippen molar-refractivity contribution < 1.29 is 14.4 Å². The molecule has 5 nitrogen and oxygen atoms in total. The molecule has 0 aliphatic carbocycles. The molecule has 0 aliphatic rings. The fourth-order valence-corrected chi connectivity index (χ4v) is 1.55. The van der Waals surface area contributed by atoms with Gasteiger partial charge in [-0.05, 0) is 18.8 Å². The van der Waals surface area contributed by atoms with E-state index >= 15 is 0 Å². The summed E-state index contributed by atoms with van der Waals surface area (Å²) in [6, 6.07) is 0. The molecule has 0 spiro atoms. The van der Waals surface area contributed by atoms with Gasteiger partial charge in [-0.3, -0.25) is 0 Å². The summed E-state index contributed by atoms with van der Waals surface area (Å²) in [7, 11) is 1.65. The minimum Gasteiger partial charge on any atom is -0.396 e. The van der Waals surface area contributed by atoms with Crippen LogP contribution in [0.25, 0.3) is 0 Å². The molecule has 0 amide bonds. The maximum absolute atomic E-state index is 8.66. The molecule has 16 heavy (non-hydrogen) atoms. The molecule has 0 fully saturated rings. The Kier molecular flexibility index (Phi) is 5.42. The van der Waals surface area contributed by atoms with Crippen LogP contribution in [-0.2, 0) is 11.2 Å². The molecular formula is C11H20N2O3. The lowest BCUT2D eigenvalue weighted by atomic mass is 10.1. The first-order chi connectivity index (χ1) is 7.69. The number of aryl methyl sites for hydroxylation is 1. The van der Waals surface area contributed by atoms with E-state index in [-0.39, 0.29) is 12.7 Å². The third-order valence-corrected chi connectivity index (χ3v) is 2.40. The highest BCUT2D eigenvalue weighted by molar-refractivity contribution is 4.92. The maximum atomic E-state index is 8.66. The lowest BCUT2D eigenvalue weighted by molar-refractivity contribution is 0.0555. The first kappa shape index (κ1) is 13.1. The van der Waals surface area contributed by atoms with Crippen molar-refractivity contribution in [2.24, 2.45) is 5.92 Å². The molecular weight excluding hydrogens is 208 g/mol. The highest BCUT2D eigenvalue weighted by atomic mass is 16.5. The summed E-state index contributed by atoms with van der Waals surface area (Å²) < 4.78 is 10.4. The molecule has 5 heteroatoms. The summed E-state index contributed by atoms with van der Waals surface area (Å²) >= 11 is 0. The lowest BCUT2D eigenvalue weighted by Crippen LogP contribution is -2.10. The summed E-state index contributed by atoms with van der Waals surface area (Å²) in [5.74, 6) is 1.54. The average molecular weight is 228 g/mol. The number of hydrogen-bond donors (Lipinski definition) is 1. The van der Waals surface area contributed by atoms with Crippen LogP contribution in [0.15, 0.2) is 4.52 Å². The Labute approximate surface area is 95.8 Å². The first-order valence-corrected chi connectivity index (χ1v) is 5.65. The number of hydrogen-bond acceptors (Lipinski definition) is 5. The molecule has 1 aromatic heterocycles. The van der Waals surface area contributed by atoms with Crippen LogP contribution in [-0.4, -0.2) is 29.0 Å². The molecule has 92 valence electrons. The van der Waals surface area contributed by atoms with E-state index < -0.39 is 0 Å². The second-order valence-corrected chi connectivity index (χ2v) is 4.13. The van der Waals surface area contributed by atoms with Gasteiger partial charge in [0.15, 0.2) is 0 Å². The van der Waals surface area contributed by atoms with Gasteiger partial charge in [-0.1, -0.05) is 19.0 Å². The molecule has 1 unspecified atom stereocenters. The van der Waals surface area contributed by atoms with Gasteiger partial charge in [-0.2, -0.15) is 4.98 Å². The topological polar surface area (TPSA) is 68.4 Å². The van der Waals surface area contributed by atoms with Crippen molar-refractivity contribution in [1.29, 1.82) is 0 Å². The second kappa shape index (κ2) is 6.60. The molecule has 0 radical (unpaired) electrons. The molecule has 1 N–H and O–H groups in total. The minimum absolute atomic E-state index is 0.115. The van der Waals surface area contributed by atoms with E-state index in [2.05, 4.69) is 24.0 Å².